The number of carbonyl (C=O) groups excluding carboxylic acids is 1. The molecule has 0 spiro atoms. The van der Waals surface area contributed by atoms with E-state index in [1.54, 1.807) is 12.1 Å². The Morgan fingerprint density at radius 1 is 1.28 bits per heavy atom. The number of rotatable bonds is 7. The van der Waals surface area contributed by atoms with Crippen molar-refractivity contribution in [1.29, 1.82) is 0 Å². The first-order chi connectivity index (χ1) is 8.63. The van der Waals surface area contributed by atoms with E-state index in [0.717, 1.165) is 12.0 Å². The van der Waals surface area contributed by atoms with Crippen molar-refractivity contribution in [3.8, 4) is 0 Å². The Hall–Kier alpha value is -1.39. The van der Waals surface area contributed by atoms with Crippen LogP contribution in [0.2, 0.25) is 0 Å². The summed E-state index contributed by atoms with van der Waals surface area (Å²) in [4.78, 5) is 11.6. The van der Waals surface area contributed by atoms with E-state index >= 15 is 0 Å². The summed E-state index contributed by atoms with van der Waals surface area (Å²) >= 11 is 0. The Kier molecular flexibility index (Phi) is 6.39. The number of esters is 1. The maximum Gasteiger partial charge on any atom is 0.338 e. The number of hydrogen-bond donors (Lipinski definition) is 1. The Morgan fingerprint density at radius 3 is 2.50 bits per heavy atom. The largest absolute Gasteiger partial charge is 0.459 e. The minimum Gasteiger partial charge on any atom is -0.459 e. The van der Waals surface area contributed by atoms with E-state index in [9.17, 15) is 4.79 Å². The lowest BCUT2D eigenvalue weighted by Crippen LogP contribution is -2.11. The summed E-state index contributed by atoms with van der Waals surface area (Å²) in [6, 6.07) is 7.26. The van der Waals surface area contributed by atoms with E-state index in [2.05, 4.69) is 0 Å². The number of benzene rings is 1. The Labute approximate surface area is 108 Å². The van der Waals surface area contributed by atoms with Crippen molar-refractivity contribution in [2.75, 3.05) is 13.2 Å². The van der Waals surface area contributed by atoms with Crippen LogP contribution in [0.1, 0.15) is 36.2 Å². The molecule has 18 heavy (non-hydrogen) atoms. The zero-order valence-corrected chi connectivity index (χ0v) is 11.0. The van der Waals surface area contributed by atoms with Crippen LogP contribution in [-0.2, 0) is 16.1 Å². The van der Waals surface area contributed by atoms with Crippen LogP contribution in [-0.4, -0.2) is 25.2 Å². The van der Waals surface area contributed by atoms with Gasteiger partial charge in [-0.2, -0.15) is 0 Å². The Balaban J connectivity index is 2.44. The number of nitrogens with two attached hydrogens (primary N) is 1. The summed E-state index contributed by atoms with van der Waals surface area (Å²) in [5.41, 5.74) is 6.97. The van der Waals surface area contributed by atoms with Crippen LogP contribution in [0.4, 0.5) is 0 Å². The van der Waals surface area contributed by atoms with Gasteiger partial charge in [-0.25, -0.2) is 4.79 Å². The highest BCUT2D eigenvalue weighted by molar-refractivity contribution is 5.89. The second-order valence-corrected chi connectivity index (χ2v) is 4.35. The van der Waals surface area contributed by atoms with Gasteiger partial charge in [-0.1, -0.05) is 12.1 Å². The molecule has 2 N–H and O–H groups in total. The van der Waals surface area contributed by atoms with E-state index in [1.807, 2.05) is 26.0 Å². The van der Waals surface area contributed by atoms with Crippen molar-refractivity contribution < 1.29 is 14.3 Å². The SMILES string of the molecule is CC(C)OC(=O)c1ccc(COCCCN)cc1. The van der Waals surface area contributed by atoms with Crippen LogP contribution in [0.5, 0.6) is 0 Å². The molecule has 0 atom stereocenters. The quantitative estimate of drug-likeness (QED) is 0.595. The highest BCUT2D eigenvalue weighted by atomic mass is 16.5. The fraction of sp³-hybridized carbons (Fsp3) is 0.500. The van der Waals surface area contributed by atoms with Crippen LogP contribution in [0.25, 0.3) is 0 Å². The minimum atomic E-state index is -0.291. The standard InChI is InChI=1S/C14H21NO3/c1-11(2)18-14(16)13-6-4-12(5-7-13)10-17-9-3-8-15/h4-7,11H,3,8-10,15H2,1-2H3. The molecule has 0 saturated carbocycles. The van der Waals surface area contributed by atoms with Crippen LogP contribution in [0.3, 0.4) is 0 Å². The highest BCUT2D eigenvalue weighted by Crippen LogP contribution is 2.08. The van der Waals surface area contributed by atoms with E-state index < -0.39 is 0 Å². The van der Waals surface area contributed by atoms with E-state index in [0.29, 0.717) is 25.3 Å². The third-order valence-electron chi connectivity index (χ3n) is 2.29. The first kappa shape index (κ1) is 14.7. The van der Waals surface area contributed by atoms with E-state index in [4.69, 9.17) is 15.2 Å². The lowest BCUT2D eigenvalue weighted by Gasteiger charge is -2.08. The third kappa shape index (κ3) is 5.29. The molecule has 1 aromatic rings. The van der Waals surface area contributed by atoms with Gasteiger partial charge in [0.05, 0.1) is 18.3 Å². The van der Waals surface area contributed by atoms with Crippen molar-refractivity contribution >= 4 is 5.97 Å². The molecular formula is C14H21NO3. The van der Waals surface area contributed by atoms with Crippen molar-refractivity contribution in [3.63, 3.8) is 0 Å². The molecule has 0 radical (unpaired) electrons. The van der Waals surface area contributed by atoms with E-state index in [-0.39, 0.29) is 12.1 Å². The fourth-order valence-electron chi connectivity index (χ4n) is 1.39. The van der Waals surface area contributed by atoms with Crippen molar-refractivity contribution in [2.45, 2.75) is 33.0 Å². The van der Waals surface area contributed by atoms with Gasteiger partial charge in [0, 0.05) is 6.61 Å². The van der Waals surface area contributed by atoms with Crippen molar-refractivity contribution in [2.24, 2.45) is 5.73 Å². The highest BCUT2D eigenvalue weighted by Gasteiger charge is 2.08. The molecule has 0 bridgehead atoms. The normalized spacial score (nSPS) is 10.7. The average molecular weight is 251 g/mol. The first-order valence-corrected chi connectivity index (χ1v) is 6.21. The summed E-state index contributed by atoms with van der Waals surface area (Å²) in [7, 11) is 0. The van der Waals surface area contributed by atoms with E-state index in [1.165, 1.54) is 0 Å². The van der Waals surface area contributed by atoms with Crippen LogP contribution in [0, 0.1) is 0 Å². The van der Waals surface area contributed by atoms with Crippen molar-refractivity contribution in [3.05, 3.63) is 35.4 Å². The smallest absolute Gasteiger partial charge is 0.338 e. The van der Waals surface area contributed by atoms with Gasteiger partial charge in [-0.15, -0.1) is 0 Å². The van der Waals surface area contributed by atoms with Gasteiger partial charge < -0.3 is 15.2 Å². The van der Waals surface area contributed by atoms with Gasteiger partial charge >= 0.3 is 5.97 Å². The molecule has 0 aliphatic heterocycles. The topological polar surface area (TPSA) is 61.5 Å². The summed E-state index contributed by atoms with van der Waals surface area (Å²) in [6.07, 6.45) is 0.760. The second kappa shape index (κ2) is 7.84. The number of carbonyl (C=O) groups is 1. The fourth-order valence-corrected chi connectivity index (χ4v) is 1.39. The molecule has 0 unspecified atom stereocenters. The molecule has 0 aliphatic carbocycles. The molecule has 0 saturated heterocycles. The molecule has 1 aromatic carbocycles. The van der Waals surface area contributed by atoms with Gasteiger partial charge in [0.25, 0.3) is 0 Å². The maximum absolute atomic E-state index is 11.6. The van der Waals surface area contributed by atoms with Crippen LogP contribution >= 0.6 is 0 Å². The van der Waals surface area contributed by atoms with Gasteiger partial charge in [0.2, 0.25) is 0 Å². The summed E-state index contributed by atoms with van der Waals surface area (Å²) < 4.78 is 10.5. The first-order valence-electron chi connectivity index (χ1n) is 6.21. The van der Waals surface area contributed by atoms with Gasteiger partial charge in [-0.05, 0) is 44.5 Å². The molecule has 0 aromatic heterocycles. The minimum absolute atomic E-state index is 0.100. The Morgan fingerprint density at radius 2 is 1.94 bits per heavy atom. The maximum atomic E-state index is 11.6. The van der Waals surface area contributed by atoms with Gasteiger partial charge in [0.1, 0.15) is 0 Å². The molecule has 4 heteroatoms. The second-order valence-electron chi connectivity index (χ2n) is 4.35. The monoisotopic (exact) mass is 251 g/mol. The molecule has 0 fully saturated rings. The third-order valence-corrected chi connectivity index (χ3v) is 2.29. The van der Waals surface area contributed by atoms with Crippen molar-refractivity contribution in [1.82, 2.24) is 0 Å². The lowest BCUT2D eigenvalue weighted by atomic mass is 10.1. The number of ether oxygens (including phenoxy) is 2. The summed E-state index contributed by atoms with van der Waals surface area (Å²) in [5.74, 6) is -0.291. The van der Waals surface area contributed by atoms with Gasteiger partial charge in [-0.3, -0.25) is 0 Å². The molecule has 0 aliphatic rings. The summed E-state index contributed by atoms with van der Waals surface area (Å²) in [6.45, 7) is 5.50. The molecule has 0 amide bonds. The number of hydrogen-bond acceptors (Lipinski definition) is 4. The molecule has 0 heterocycles. The predicted octanol–water partition coefficient (Wildman–Crippen LogP) is 2.12. The van der Waals surface area contributed by atoms with Crippen LogP contribution in [0.15, 0.2) is 24.3 Å². The summed E-state index contributed by atoms with van der Waals surface area (Å²) in [5, 5.41) is 0. The zero-order valence-electron chi connectivity index (χ0n) is 11.0. The average Bonchev–Trinajstić information content (AvgIpc) is 2.34. The molecular weight excluding hydrogens is 230 g/mol. The lowest BCUT2D eigenvalue weighted by molar-refractivity contribution is 0.0378. The molecule has 100 valence electrons. The van der Waals surface area contributed by atoms with Crippen LogP contribution < -0.4 is 5.73 Å². The molecule has 1 rings (SSSR count). The predicted molar refractivity (Wildman–Crippen MR) is 70.3 cm³/mol. The zero-order chi connectivity index (χ0) is 13.4. The Bertz CT molecular complexity index is 360. The van der Waals surface area contributed by atoms with Gasteiger partial charge in [0.15, 0.2) is 0 Å². The molecule has 4 nitrogen and oxygen atoms in total.